The molecule has 0 radical (unpaired) electrons. The second-order valence-corrected chi connectivity index (χ2v) is 13.6. The van der Waals surface area contributed by atoms with Crippen molar-refractivity contribution in [3.63, 3.8) is 0 Å². The molecule has 11 heteroatoms. The maximum Gasteiger partial charge on any atom is 0.337 e. The molecular weight excluding hydrogens is 857 g/mol. The number of hydrogen-bond donors (Lipinski definition) is 1. The summed E-state index contributed by atoms with van der Waals surface area (Å²) in [5.74, 6) is -4.93. The number of hydrogen-bond acceptors (Lipinski definition) is 7. The average Bonchev–Trinajstić information content (AvgIpc) is 3.41. The number of benzene rings is 3. The number of carbonyl (C=O) groups excluding carboxylic acids is 3. The number of ether oxygens (including phenoxy) is 3. The van der Waals surface area contributed by atoms with E-state index in [1.165, 1.54) is 0 Å². The maximum atomic E-state index is 14.3. The molecular formula is C29H17I3O8. The average molecular weight is 874 g/mol. The first kappa shape index (κ1) is 26.6. The van der Waals surface area contributed by atoms with E-state index >= 15 is 0 Å². The molecule has 40 heavy (non-hydrogen) atoms. The van der Waals surface area contributed by atoms with Crippen LogP contribution in [0.3, 0.4) is 0 Å². The van der Waals surface area contributed by atoms with Crippen LogP contribution in [0.15, 0.2) is 48.5 Å². The van der Waals surface area contributed by atoms with Crippen molar-refractivity contribution in [3.8, 4) is 5.75 Å². The Morgan fingerprint density at radius 1 is 0.950 bits per heavy atom. The zero-order chi connectivity index (χ0) is 28.1. The van der Waals surface area contributed by atoms with Gasteiger partial charge in [0.05, 0.1) is 36.4 Å². The highest BCUT2D eigenvalue weighted by atomic mass is 127. The molecule has 5 atom stereocenters. The minimum Gasteiger partial charge on any atom is -0.478 e. The van der Waals surface area contributed by atoms with Crippen LogP contribution in [0, 0.1) is 22.5 Å². The second-order valence-electron chi connectivity index (χ2n) is 10.2. The topological polar surface area (TPSA) is 116 Å². The Morgan fingerprint density at radius 3 is 2.40 bits per heavy atom. The number of rotatable bonds is 5. The van der Waals surface area contributed by atoms with Crippen molar-refractivity contribution >= 4 is 91.6 Å². The Morgan fingerprint density at radius 2 is 1.68 bits per heavy atom. The van der Waals surface area contributed by atoms with E-state index in [1.54, 1.807) is 6.07 Å². The van der Waals surface area contributed by atoms with E-state index < -0.39 is 53.1 Å². The number of esters is 3. The lowest BCUT2D eigenvalue weighted by Gasteiger charge is -2.46. The fourth-order valence-corrected chi connectivity index (χ4v) is 10.9. The Hall–Kier alpha value is -2.27. The molecule has 3 aromatic rings. The molecule has 1 saturated heterocycles. The molecule has 0 saturated carbocycles. The quantitative estimate of drug-likeness (QED) is 0.217. The zero-order valence-corrected chi connectivity index (χ0v) is 26.8. The Bertz CT molecular complexity index is 1700. The van der Waals surface area contributed by atoms with Crippen LogP contribution in [0.1, 0.15) is 50.5 Å². The summed E-state index contributed by atoms with van der Waals surface area (Å²) in [6.45, 7) is -0.0192. The third kappa shape index (κ3) is 3.58. The lowest BCUT2D eigenvalue weighted by molar-refractivity contribution is -0.164. The number of carboxylic acid groups (broad SMARTS) is 1. The van der Waals surface area contributed by atoms with Gasteiger partial charge in [0.15, 0.2) is 5.75 Å². The van der Waals surface area contributed by atoms with Crippen LogP contribution < -0.4 is 4.74 Å². The van der Waals surface area contributed by atoms with Gasteiger partial charge in [-0.15, -0.1) is 0 Å². The van der Waals surface area contributed by atoms with E-state index in [1.807, 2.05) is 110 Å². The van der Waals surface area contributed by atoms with Gasteiger partial charge in [-0.1, -0.05) is 42.5 Å². The monoisotopic (exact) mass is 874 g/mol. The molecule has 0 amide bonds. The highest BCUT2D eigenvalue weighted by Gasteiger charge is 2.73. The highest BCUT2D eigenvalue weighted by Crippen LogP contribution is 2.73. The molecule has 4 aliphatic carbocycles. The molecule has 5 unspecified atom stereocenters. The van der Waals surface area contributed by atoms with Crippen LogP contribution in [0.25, 0.3) is 0 Å². The number of carbonyl (C=O) groups is 4. The summed E-state index contributed by atoms with van der Waals surface area (Å²) in [6, 6.07) is 15.4. The summed E-state index contributed by atoms with van der Waals surface area (Å²) in [5, 5.41) is 9.78. The number of carboxylic acids is 1. The minimum absolute atomic E-state index is 0.0192. The van der Waals surface area contributed by atoms with Crippen molar-refractivity contribution in [3.05, 3.63) is 92.6 Å². The van der Waals surface area contributed by atoms with Gasteiger partial charge in [-0.25, -0.2) is 4.79 Å². The standard InChI is InChI=1S/C29H17I3O8/c30-16-9-17(31)25(24(32)20(16)26(34)35)40-27(36)21-19-12-4-1-2-6-14(12)29(15-7-3-5-13(19)22(15)29)23(21)28(37)39-11-8-18(33)38-10-11/h1-7,9,11,19,21,23H,8,10H2,(H,34,35). The fourth-order valence-electron chi connectivity index (χ4n) is 6.85. The number of halogens is 3. The van der Waals surface area contributed by atoms with E-state index in [0.29, 0.717) is 10.7 Å². The van der Waals surface area contributed by atoms with Gasteiger partial charge in [-0.3, -0.25) is 14.4 Å². The van der Waals surface area contributed by atoms with Gasteiger partial charge < -0.3 is 19.3 Å². The van der Waals surface area contributed by atoms with Crippen LogP contribution in [0.5, 0.6) is 5.75 Å². The second kappa shape index (κ2) is 9.37. The molecule has 1 spiro atoms. The molecule has 5 aliphatic rings. The van der Waals surface area contributed by atoms with Crippen LogP contribution in [-0.4, -0.2) is 41.7 Å². The predicted octanol–water partition coefficient (Wildman–Crippen LogP) is 5.00. The van der Waals surface area contributed by atoms with E-state index in [0.717, 1.165) is 27.8 Å². The van der Waals surface area contributed by atoms with Crippen molar-refractivity contribution in [1.29, 1.82) is 0 Å². The molecule has 1 fully saturated rings. The van der Waals surface area contributed by atoms with E-state index in [-0.39, 0.29) is 24.3 Å². The van der Waals surface area contributed by atoms with Gasteiger partial charge in [0.1, 0.15) is 12.7 Å². The van der Waals surface area contributed by atoms with Gasteiger partial charge in [0, 0.05) is 9.49 Å². The lowest BCUT2D eigenvalue weighted by Crippen LogP contribution is -2.52. The van der Waals surface area contributed by atoms with E-state index in [2.05, 4.69) is 0 Å². The Kier molecular flexibility index (Phi) is 6.24. The van der Waals surface area contributed by atoms with Gasteiger partial charge >= 0.3 is 23.9 Å². The van der Waals surface area contributed by atoms with E-state index in [9.17, 15) is 24.3 Å². The van der Waals surface area contributed by atoms with Gasteiger partial charge in [0.2, 0.25) is 0 Å². The van der Waals surface area contributed by atoms with Crippen LogP contribution >= 0.6 is 67.8 Å². The normalized spacial score (nSPS) is 26.4. The first-order chi connectivity index (χ1) is 19.2. The van der Waals surface area contributed by atoms with Crippen molar-refractivity contribution in [2.75, 3.05) is 6.61 Å². The summed E-state index contributed by atoms with van der Waals surface area (Å²) >= 11 is 5.86. The number of cyclic esters (lactones) is 1. The first-order valence-electron chi connectivity index (χ1n) is 12.4. The predicted molar refractivity (Wildman–Crippen MR) is 164 cm³/mol. The fraction of sp³-hybridized carbons (Fsp3) is 0.241. The van der Waals surface area contributed by atoms with Gasteiger partial charge in [-0.2, -0.15) is 0 Å². The number of aromatic carboxylic acids is 1. The van der Waals surface area contributed by atoms with Crippen molar-refractivity contribution in [2.24, 2.45) is 11.8 Å². The molecule has 8 nitrogen and oxygen atoms in total. The first-order valence-corrected chi connectivity index (χ1v) is 15.6. The molecule has 202 valence electrons. The summed E-state index contributed by atoms with van der Waals surface area (Å²) in [7, 11) is 0. The highest BCUT2D eigenvalue weighted by molar-refractivity contribution is 14.1. The molecule has 1 aliphatic heterocycles. The molecule has 2 bridgehead atoms. The Labute approximate surface area is 268 Å². The van der Waals surface area contributed by atoms with Crippen molar-refractivity contribution < 1.29 is 38.5 Å². The minimum atomic E-state index is -1.12. The maximum absolute atomic E-state index is 14.3. The molecule has 8 rings (SSSR count). The molecule has 1 heterocycles. The lowest BCUT2D eigenvalue weighted by atomic mass is 9.55. The molecule has 1 N–H and O–H groups in total. The van der Waals surface area contributed by atoms with Crippen LogP contribution in [0.4, 0.5) is 0 Å². The van der Waals surface area contributed by atoms with Crippen LogP contribution in [-0.2, 0) is 29.3 Å². The number of fused-ring (bicyclic) bond motifs is 1. The third-order valence-electron chi connectivity index (χ3n) is 8.27. The molecule has 3 aromatic carbocycles. The zero-order valence-electron chi connectivity index (χ0n) is 20.3. The van der Waals surface area contributed by atoms with Crippen molar-refractivity contribution in [1.82, 2.24) is 0 Å². The Balaban J connectivity index is 1.36. The van der Waals surface area contributed by atoms with Crippen molar-refractivity contribution in [2.45, 2.75) is 23.9 Å². The summed E-state index contributed by atoms with van der Waals surface area (Å²) in [4.78, 5) is 52.0. The van der Waals surface area contributed by atoms with Gasteiger partial charge in [-0.05, 0) is 102 Å². The summed E-state index contributed by atoms with van der Waals surface area (Å²) < 4.78 is 18.3. The smallest absolute Gasteiger partial charge is 0.337 e. The molecule has 0 aromatic heterocycles. The summed E-state index contributed by atoms with van der Waals surface area (Å²) in [6.07, 6.45) is -0.753. The largest absolute Gasteiger partial charge is 0.478 e. The summed E-state index contributed by atoms with van der Waals surface area (Å²) in [5.41, 5.74) is 4.19. The van der Waals surface area contributed by atoms with Crippen LogP contribution in [0.2, 0.25) is 0 Å². The SMILES string of the molecule is O=C1CC(OC(=O)C2C(C(=O)Oc3c(I)cc(I)c(C(=O)O)c3I)C3c4ccccc4C24c2cccc3c24)CO1. The third-order valence-corrected chi connectivity index (χ3v) is 11.0. The van der Waals surface area contributed by atoms with E-state index in [4.69, 9.17) is 14.2 Å². The van der Waals surface area contributed by atoms with Gasteiger partial charge in [0.25, 0.3) is 0 Å².